The highest BCUT2D eigenvalue weighted by molar-refractivity contribution is 5.65. The van der Waals surface area contributed by atoms with E-state index in [1.165, 1.54) is 11.3 Å². The molecule has 0 amide bonds. The van der Waals surface area contributed by atoms with Crippen LogP contribution in [-0.2, 0) is 6.42 Å². The Morgan fingerprint density at radius 3 is 2.70 bits per heavy atom. The molecule has 0 bridgehead atoms. The van der Waals surface area contributed by atoms with Crippen LogP contribution in [0.5, 0.6) is 5.75 Å². The maximum atomic E-state index is 6.05. The monoisotopic (exact) mass is 307 g/mol. The van der Waals surface area contributed by atoms with E-state index >= 15 is 0 Å². The van der Waals surface area contributed by atoms with Crippen LogP contribution in [0.2, 0.25) is 0 Å². The first-order chi connectivity index (χ1) is 11.3. The zero-order chi connectivity index (χ0) is 15.6. The molecule has 3 heterocycles. The van der Waals surface area contributed by atoms with Crippen molar-refractivity contribution in [2.45, 2.75) is 6.42 Å². The Hall–Kier alpha value is -2.33. The summed E-state index contributed by atoms with van der Waals surface area (Å²) in [4.78, 5) is 9.20. The van der Waals surface area contributed by atoms with E-state index in [-0.39, 0.29) is 0 Å². The average molecular weight is 307 g/mol. The first kappa shape index (κ1) is 14.3. The van der Waals surface area contributed by atoms with E-state index in [9.17, 15) is 0 Å². The Morgan fingerprint density at radius 1 is 1.04 bits per heavy atom. The maximum Gasteiger partial charge on any atom is 0.149 e. The molecule has 1 saturated heterocycles. The minimum absolute atomic E-state index is 0.852. The quantitative estimate of drug-likeness (QED) is 0.853. The summed E-state index contributed by atoms with van der Waals surface area (Å²) >= 11 is 0. The van der Waals surface area contributed by atoms with Crippen molar-refractivity contribution in [2.24, 2.45) is 0 Å². The van der Waals surface area contributed by atoms with Gasteiger partial charge in [0.05, 0.1) is 0 Å². The molecule has 118 valence electrons. The van der Waals surface area contributed by atoms with Crippen LogP contribution in [0.25, 0.3) is 5.76 Å². The molecule has 4 nitrogen and oxygen atoms in total. The maximum absolute atomic E-state index is 6.05. The van der Waals surface area contributed by atoms with Crippen molar-refractivity contribution < 1.29 is 4.74 Å². The van der Waals surface area contributed by atoms with Crippen molar-refractivity contribution in [3.8, 4) is 5.75 Å². The molecule has 0 atom stereocenters. The van der Waals surface area contributed by atoms with Gasteiger partial charge in [0.2, 0.25) is 0 Å². The highest BCUT2D eigenvalue weighted by atomic mass is 16.5. The summed E-state index contributed by atoms with van der Waals surface area (Å²) in [7, 11) is 2.18. The Balaban J connectivity index is 1.54. The van der Waals surface area contributed by atoms with Crippen molar-refractivity contribution >= 4 is 11.4 Å². The van der Waals surface area contributed by atoms with E-state index in [4.69, 9.17) is 4.74 Å². The summed E-state index contributed by atoms with van der Waals surface area (Å²) in [6, 6.07) is 12.4. The van der Waals surface area contributed by atoms with E-state index in [0.29, 0.717) is 0 Å². The number of hydrogen-bond donors (Lipinski definition) is 0. The summed E-state index contributed by atoms with van der Waals surface area (Å²) < 4.78 is 6.05. The summed E-state index contributed by atoms with van der Waals surface area (Å²) in [5.74, 6) is 1.80. The van der Waals surface area contributed by atoms with Crippen LogP contribution < -0.4 is 9.64 Å². The predicted octanol–water partition coefficient (Wildman–Crippen LogP) is 2.81. The second-order valence-corrected chi connectivity index (χ2v) is 6.17. The molecule has 1 aromatic carbocycles. The molecule has 23 heavy (non-hydrogen) atoms. The molecule has 1 fully saturated rings. The number of pyridine rings is 1. The third kappa shape index (κ3) is 2.94. The summed E-state index contributed by atoms with van der Waals surface area (Å²) in [5.41, 5.74) is 3.44. The van der Waals surface area contributed by atoms with Crippen molar-refractivity contribution in [3.63, 3.8) is 0 Å². The Morgan fingerprint density at radius 2 is 1.91 bits per heavy atom. The molecule has 1 aromatic heterocycles. The summed E-state index contributed by atoms with van der Waals surface area (Å²) in [6.45, 7) is 4.42. The standard InChI is InChI=1S/C19H21N3O/c1-21-10-12-22(13-11-21)16-6-8-18-15(14-16)5-7-19(23-18)17-4-2-3-9-20-17/h2-4,6-9,14H,5,10-13H2,1H3. The Bertz CT molecular complexity index is 719. The third-order valence-electron chi connectivity index (χ3n) is 4.56. The molecule has 2 aliphatic heterocycles. The fourth-order valence-corrected chi connectivity index (χ4v) is 3.11. The molecule has 0 saturated carbocycles. The van der Waals surface area contributed by atoms with Crippen LogP contribution in [0.15, 0.2) is 48.7 Å². The van der Waals surface area contributed by atoms with Gasteiger partial charge in [-0.3, -0.25) is 4.98 Å². The topological polar surface area (TPSA) is 28.6 Å². The van der Waals surface area contributed by atoms with Crippen molar-refractivity contribution in [1.29, 1.82) is 0 Å². The van der Waals surface area contributed by atoms with E-state index < -0.39 is 0 Å². The van der Waals surface area contributed by atoms with Crippen LogP contribution in [0, 0.1) is 0 Å². The van der Waals surface area contributed by atoms with E-state index in [1.807, 2.05) is 18.2 Å². The van der Waals surface area contributed by atoms with E-state index in [0.717, 1.165) is 49.8 Å². The molecule has 2 aromatic rings. The number of nitrogens with zero attached hydrogens (tertiary/aromatic N) is 3. The van der Waals surface area contributed by atoms with Crippen molar-refractivity contribution in [2.75, 3.05) is 38.1 Å². The van der Waals surface area contributed by atoms with Gasteiger partial charge in [0.1, 0.15) is 17.2 Å². The van der Waals surface area contributed by atoms with Crippen LogP contribution in [-0.4, -0.2) is 43.1 Å². The third-order valence-corrected chi connectivity index (χ3v) is 4.56. The molecule has 4 rings (SSSR count). The molecule has 4 heteroatoms. The molecule has 0 N–H and O–H groups in total. The first-order valence-electron chi connectivity index (χ1n) is 8.15. The highest BCUT2D eigenvalue weighted by Crippen LogP contribution is 2.33. The molecular weight excluding hydrogens is 286 g/mol. The van der Waals surface area contributed by atoms with Gasteiger partial charge in [0.15, 0.2) is 0 Å². The number of rotatable bonds is 2. The zero-order valence-electron chi connectivity index (χ0n) is 13.4. The van der Waals surface area contributed by atoms with Gasteiger partial charge in [-0.05, 0) is 49.9 Å². The molecular formula is C19H21N3O. The number of hydrogen-bond acceptors (Lipinski definition) is 4. The van der Waals surface area contributed by atoms with Crippen molar-refractivity contribution in [3.05, 3.63) is 59.9 Å². The minimum Gasteiger partial charge on any atom is -0.455 e. The number of ether oxygens (including phenoxy) is 1. The zero-order valence-corrected chi connectivity index (χ0v) is 13.4. The van der Waals surface area contributed by atoms with Gasteiger partial charge in [0, 0.05) is 43.6 Å². The lowest BCUT2D eigenvalue weighted by Crippen LogP contribution is -2.44. The highest BCUT2D eigenvalue weighted by Gasteiger charge is 2.18. The summed E-state index contributed by atoms with van der Waals surface area (Å²) in [6.07, 6.45) is 4.81. The van der Waals surface area contributed by atoms with Gasteiger partial charge in [-0.1, -0.05) is 6.07 Å². The molecule has 0 aliphatic carbocycles. The molecule has 2 aliphatic rings. The Labute approximate surface area is 137 Å². The first-order valence-corrected chi connectivity index (χ1v) is 8.15. The fourth-order valence-electron chi connectivity index (χ4n) is 3.11. The van der Waals surface area contributed by atoms with Crippen molar-refractivity contribution in [1.82, 2.24) is 9.88 Å². The number of fused-ring (bicyclic) bond motifs is 1. The largest absolute Gasteiger partial charge is 0.455 e. The lowest BCUT2D eigenvalue weighted by Gasteiger charge is -2.34. The minimum atomic E-state index is 0.852. The van der Waals surface area contributed by atoms with Gasteiger partial charge in [-0.2, -0.15) is 0 Å². The van der Waals surface area contributed by atoms with Crippen LogP contribution in [0.3, 0.4) is 0 Å². The Kier molecular flexibility index (Phi) is 3.75. The molecule has 0 spiro atoms. The van der Waals surface area contributed by atoms with Crippen LogP contribution >= 0.6 is 0 Å². The number of anilines is 1. The van der Waals surface area contributed by atoms with E-state index in [1.54, 1.807) is 6.20 Å². The summed E-state index contributed by atoms with van der Waals surface area (Å²) in [5, 5.41) is 0. The lowest BCUT2D eigenvalue weighted by molar-refractivity contribution is 0.313. The van der Waals surface area contributed by atoms with Gasteiger partial charge in [0.25, 0.3) is 0 Å². The number of benzene rings is 1. The van der Waals surface area contributed by atoms with Gasteiger partial charge in [-0.25, -0.2) is 0 Å². The second-order valence-electron chi connectivity index (χ2n) is 6.17. The average Bonchev–Trinajstić information content (AvgIpc) is 2.62. The smallest absolute Gasteiger partial charge is 0.149 e. The van der Waals surface area contributed by atoms with E-state index in [2.05, 4.69) is 46.1 Å². The fraction of sp³-hybridized carbons (Fsp3) is 0.316. The van der Waals surface area contributed by atoms with Gasteiger partial charge >= 0.3 is 0 Å². The van der Waals surface area contributed by atoms with Crippen LogP contribution in [0.1, 0.15) is 11.3 Å². The van der Waals surface area contributed by atoms with Gasteiger partial charge < -0.3 is 14.5 Å². The number of allylic oxidation sites excluding steroid dienone is 1. The molecule has 0 radical (unpaired) electrons. The number of piperazine rings is 1. The van der Waals surface area contributed by atoms with Gasteiger partial charge in [-0.15, -0.1) is 0 Å². The second kappa shape index (κ2) is 6.05. The number of aromatic nitrogens is 1. The molecule has 0 unspecified atom stereocenters. The predicted molar refractivity (Wildman–Crippen MR) is 92.7 cm³/mol. The number of likely N-dealkylation sites (N-methyl/N-ethyl adjacent to an activating group) is 1. The normalized spacial score (nSPS) is 18.1. The SMILES string of the molecule is CN1CCN(c2ccc3c(c2)CC=C(c2ccccn2)O3)CC1. The lowest BCUT2D eigenvalue weighted by atomic mass is 10.1. The van der Waals surface area contributed by atoms with Crippen LogP contribution in [0.4, 0.5) is 5.69 Å².